The molecule has 2 fully saturated rings. The van der Waals surface area contributed by atoms with Crippen LogP contribution in [-0.2, 0) is 9.53 Å². The summed E-state index contributed by atoms with van der Waals surface area (Å²) in [4.78, 5) is 12.3. The van der Waals surface area contributed by atoms with Gasteiger partial charge in [-0.1, -0.05) is 30.3 Å². The fourth-order valence-corrected chi connectivity index (χ4v) is 4.05. The van der Waals surface area contributed by atoms with Crippen molar-refractivity contribution in [2.45, 2.75) is 49.9 Å². The standard InChI is InChI=1S/C18H26N2O3/c1-23-18(22)17(13-9-14-7-8-15(10-13)19-14)20-16(11-21)12-5-3-2-4-6-12/h2-6,13-17,19-21H,7-11H2,1H3/t13?,14?,15?,16-,17-/m0/s1. The van der Waals surface area contributed by atoms with E-state index in [9.17, 15) is 9.90 Å². The Labute approximate surface area is 137 Å². The third kappa shape index (κ3) is 3.74. The normalized spacial score (nSPS) is 29.0. The van der Waals surface area contributed by atoms with Crippen molar-refractivity contribution in [1.82, 2.24) is 10.6 Å². The smallest absolute Gasteiger partial charge is 0.323 e. The molecule has 0 amide bonds. The molecule has 0 aliphatic carbocycles. The van der Waals surface area contributed by atoms with E-state index in [0.29, 0.717) is 12.1 Å². The molecule has 0 aromatic heterocycles. The molecule has 1 aromatic carbocycles. The number of methoxy groups -OCH3 is 1. The lowest BCUT2D eigenvalue weighted by Crippen LogP contribution is -2.51. The molecule has 2 heterocycles. The number of rotatable bonds is 6. The summed E-state index contributed by atoms with van der Waals surface area (Å²) in [6.07, 6.45) is 4.35. The largest absolute Gasteiger partial charge is 0.468 e. The first kappa shape index (κ1) is 16.4. The molecule has 2 saturated heterocycles. The number of carbonyl (C=O) groups is 1. The number of aliphatic hydroxyl groups excluding tert-OH is 1. The summed E-state index contributed by atoms with van der Waals surface area (Å²) < 4.78 is 5.03. The SMILES string of the molecule is COC(=O)[C@@H](N[C@@H](CO)c1ccccc1)C1CC2CCC(C1)N2. The van der Waals surface area contributed by atoms with Gasteiger partial charge in [0.25, 0.3) is 0 Å². The topological polar surface area (TPSA) is 70.6 Å². The summed E-state index contributed by atoms with van der Waals surface area (Å²) in [5.41, 5.74) is 0.987. The molecule has 5 nitrogen and oxygen atoms in total. The van der Waals surface area contributed by atoms with E-state index in [1.807, 2.05) is 30.3 Å². The number of aliphatic hydroxyl groups is 1. The number of piperidine rings is 1. The van der Waals surface area contributed by atoms with Gasteiger partial charge in [0.1, 0.15) is 6.04 Å². The van der Waals surface area contributed by atoms with Crippen LogP contribution in [-0.4, -0.2) is 42.9 Å². The van der Waals surface area contributed by atoms with Gasteiger partial charge in [0.15, 0.2) is 0 Å². The van der Waals surface area contributed by atoms with E-state index in [0.717, 1.165) is 18.4 Å². The summed E-state index contributed by atoms with van der Waals surface area (Å²) in [6.45, 7) is -0.0463. The highest BCUT2D eigenvalue weighted by Gasteiger charge is 2.40. The van der Waals surface area contributed by atoms with Gasteiger partial charge in [-0.3, -0.25) is 10.1 Å². The zero-order valence-corrected chi connectivity index (χ0v) is 13.6. The first-order chi connectivity index (χ1) is 11.2. The first-order valence-corrected chi connectivity index (χ1v) is 8.47. The van der Waals surface area contributed by atoms with Gasteiger partial charge in [0.05, 0.1) is 19.8 Å². The molecule has 126 valence electrons. The minimum absolute atomic E-state index is 0.0463. The van der Waals surface area contributed by atoms with Crippen molar-refractivity contribution < 1.29 is 14.6 Å². The van der Waals surface area contributed by atoms with Crippen LogP contribution in [0.3, 0.4) is 0 Å². The highest BCUT2D eigenvalue weighted by molar-refractivity contribution is 5.76. The highest BCUT2D eigenvalue weighted by atomic mass is 16.5. The summed E-state index contributed by atoms with van der Waals surface area (Å²) in [5, 5.41) is 16.7. The second kappa shape index (κ2) is 7.43. The number of esters is 1. The number of hydrogen-bond acceptors (Lipinski definition) is 5. The number of nitrogens with one attached hydrogen (secondary N) is 2. The van der Waals surface area contributed by atoms with E-state index < -0.39 is 0 Å². The average Bonchev–Trinajstić information content (AvgIpc) is 2.94. The summed E-state index contributed by atoms with van der Waals surface area (Å²) in [7, 11) is 1.43. The highest BCUT2D eigenvalue weighted by Crippen LogP contribution is 2.33. The van der Waals surface area contributed by atoms with Gasteiger partial charge in [-0.05, 0) is 37.2 Å². The van der Waals surface area contributed by atoms with Gasteiger partial charge < -0.3 is 15.2 Å². The fraction of sp³-hybridized carbons (Fsp3) is 0.611. The van der Waals surface area contributed by atoms with Crippen molar-refractivity contribution in [2.75, 3.05) is 13.7 Å². The molecule has 0 spiro atoms. The van der Waals surface area contributed by atoms with Crippen LogP contribution in [0.4, 0.5) is 0 Å². The zero-order valence-electron chi connectivity index (χ0n) is 13.6. The fourth-order valence-electron chi connectivity index (χ4n) is 4.05. The Morgan fingerprint density at radius 1 is 1.30 bits per heavy atom. The molecule has 1 aromatic rings. The van der Waals surface area contributed by atoms with Gasteiger partial charge in [0.2, 0.25) is 0 Å². The second-order valence-electron chi connectivity index (χ2n) is 6.68. The first-order valence-electron chi connectivity index (χ1n) is 8.47. The molecule has 2 unspecified atom stereocenters. The monoisotopic (exact) mass is 318 g/mol. The molecule has 3 rings (SSSR count). The van der Waals surface area contributed by atoms with Crippen LogP contribution < -0.4 is 10.6 Å². The van der Waals surface area contributed by atoms with E-state index in [1.54, 1.807) is 0 Å². The molecule has 0 saturated carbocycles. The van der Waals surface area contributed by atoms with Gasteiger partial charge in [-0.2, -0.15) is 0 Å². The number of benzene rings is 1. The number of fused-ring (bicyclic) bond motifs is 2. The molecular formula is C18H26N2O3. The van der Waals surface area contributed by atoms with Crippen molar-refractivity contribution in [3.63, 3.8) is 0 Å². The van der Waals surface area contributed by atoms with Crippen LogP contribution in [0.25, 0.3) is 0 Å². The molecule has 4 atom stereocenters. The van der Waals surface area contributed by atoms with Gasteiger partial charge in [-0.15, -0.1) is 0 Å². The molecule has 0 radical (unpaired) electrons. The Hall–Kier alpha value is -1.43. The maximum atomic E-state index is 12.3. The van der Waals surface area contributed by atoms with Crippen molar-refractivity contribution in [3.05, 3.63) is 35.9 Å². The van der Waals surface area contributed by atoms with Gasteiger partial charge >= 0.3 is 5.97 Å². The lowest BCUT2D eigenvalue weighted by molar-refractivity contribution is -0.145. The van der Waals surface area contributed by atoms with Crippen molar-refractivity contribution in [3.8, 4) is 0 Å². The van der Waals surface area contributed by atoms with E-state index in [1.165, 1.54) is 20.0 Å². The maximum Gasteiger partial charge on any atom is 0.323 e. The minimum Gasteiger partial charge on any atom is -0.468 e. The maximum absolute atomic E-state index is 12.3. The molecule has 23 heavy (non-hydrogen) atoms. The third-order valence-corrected chi connectivity index (χ3v) is 5.20. The van der Waals surface area contributed by atoms with E-state index in [-0.39, 0.29) is 30.6 Å². The van der Waals surface area contributed by atoms with Crippen LogP contribution >= 0.6 is 0 Å². The average molecular weight is 318 g/mol. The Bertz CT molecular complexity index is 510. The predicted octanol–water partition coefficient (Wildman–Crippen LogP) is 1.38. The Morgan fingerprint density at radius 3 is 2.52 bits per heavy atom. The number of carbonyl (C=O) groups excluding carboxylic acids is 1. The lowest BCUT2D eigenvalue weighted by atomic mass is 9.85. The van der Waals surface area contributed by atoms with Crippen LogP contribution in [0.2, 0.25) is 0 Å². The Morgan fingerprint density at radius 2 is 1.96 bits per heavy atom. The third-order valence-electron chi connectivity index (χ3n) is 5.20. The summed E-state index contributed by atoms with van der Waals surface area (Å²) in [6, 6.07) is 10.2. The Kier molecular flexibility index (Phi) is 5.30. The van der Waals surface area contributed by atoms with Crippen LogP contribution in [0.5, 0.6) is 0 Å². The lowest BCUT2D eigenvalue weighted by Gasteiger charge is -2.35. The van der Waals surface area contributed by atoms with Crippen LogP contribution in [0.15, 0.2) is 30.3 Å². The summed E-state index contributed by atoms with van der Waals surface area (Å²) in [5.74, 6) is 0.0182. The van der Waals surface area contributed by atoms with Gasteiger partial charge in [-0.25, -0.2) is 0 Å². The van der Waals surface area contributed by atoms with E-state index in [4.69, 9.17) is 4.74 Å². The van der Waals surface area contributed by atoms with E-state index in [2.05, 4.69) is 10.6 Å². The van der Waals surface area contributed by atoms with Crippen molar-refractivity contribution >= 4 is 5.97 Å². The van der Waals surface area contributed by atoms with Crippen LogP contribution in [0.1, 0.15) is 37.3 Å². The Balaban J connectivity index is 1.75. The quantitative estimate of drug-likeness (QED) is 0.691. The van der Waals surface area contributed by atoms with Crippen molar-refractivity contribution in [2.24, 2.45) is 5.92 Å². The molecule has 5 heteroatoms. The van der Waals surface area contributed by atoms with Crippen LogP contribution in [0, 0.1) is 5.92 Å². The number of ether oxygens (including phenoxy) is 1. The number of hydrogen-bond donors (Lipinski definition) is 3. The molecule has 2 aliphatic rings. The molecular weight excluding hydrogens is 292 g/mol. The molecule has 2 aliphatic heterocycles. The van der Waals surface area contributed by atoms with E-state index >= 15 is 0 Å². The second-order valence-corrected chi connectivity index (χ2v) is 6.68. The van der Waals surface area contributed by atoms with Crippen molar-refractivity contribution in [1.29, 1.82) is 0 Å². The molecule has 2 bridgehead atoms. The zero-order chi connectivity index (χ0) is 16.2. The summed E-state index contributed by atoms with van der Waals surface area (Å²) >= 11 is 0. The predicted molar refractivity (Wildman–Crippen MR) is 87.9 cm³/mol. The minimum atomic E-state index is -0.373. The molecule has 3 N–H and O–H groups in total. The van der Waals surface area contributed by atoms with Gasteiger partial charge in [0, 0.05) is 12.1 Å².